The first-order chi connectivity index (χ1) is 8.45. The van der Waals surface area contributed by atoms with Crippen molar-refractivity contribution in [2.24, 2.45) is 0 Å². The van der Waals surface area contributed by atoms with Gasteiger partial charge in [-0.3, -0.25) is 0 Å². The number of hydrogen-bond acceptors (Lipinski definition) is 2. The third-order valence-electron chi connectivity index (χ3n) is 2.84. The number of nitrogens with zero attached hydrogens (tertiary/aromatic N) is 1. The Balaban J connectivity index is 2.60. The summed E-state index contributed by atoms with van der Waals surface area (Å²) in [6.45, 7) is 8.43. The molecular formula is C15H18N2S. The predicted octanol–water partition coefficient (Wildman–Crippen LogP) is 4.55. The number of H-pyrrole nitrogens is 1. The van der Waals surface area contributed by atoms with Gasteiger partial charge in [0.15, 0.2) is 0 Å². The SMILES string of the molecule is Cc1cc(C)cc(-c2cc(=S)nc(C(C)C)[nH]2)c1. The second-order valence-electron chi connectivity index (χ2n) is 5.05. The fourth-order valence-corrected chi connectivity index (χ4v) is 2.25. The molecule has 0 unspecified atom stereocenters. The maximum Gasteiger partial charge on any atom is 0.130 e. The zero-order valence-electron chi connectivity index (χ0n) is 11.2. The lowest BCUT2D eigenvalue weighted by molar-refractivity contribution is 0.773. The molecule has 2 rings (SSSR count). The summed E-state index contributed by atoms with van der Waals surface area (Å²) in [5, 5.41) is 0. The Kier molecular flexibility index (Phi) is 3.62. The van der Waals surface area contributed by atoms with Gasteiger partial charge in [-0.1, -0.05) is 43.3 Å². The standard InChI is InChI=1S/C15H18N2S/c1-9(2)15-16-13(8-14(18)17-15)12-6-10(3)5-11(4)7-12/h5-9H,1-4H3,(H,16,17,18). The van der Waals surface area contributed by atoms with E-state index < -0.39 is 0 Å². The van der Waals surface area contributed by atoms with Crippen LogP contribution >= 0.6 is 12.2 Å². The van der Waals surface area contributed by atoms with Gasteiger partial charge in [-0.15, -0.1) is 0 Å². The van der Waals surface area contributed by atoms with Gasteiger partial charge in [-0.2, -0.15) is 0 Å². The highest BCUT2D eigenvalue weighted by atomic mass is 32.1. The molecule has 2 aromatic rings. The van der Waals surface area contributed by atoms with E-state index in [1.165, 1.54) is 16.7 Å². The van der Waals surface area contributed by atoms with E-state index in [0.717, 1.165) is 11.5 Å². The van der Waals surface area contributed by atoms with Crippen LogP contribution in [0.1, 0.15) is 36.7 Å². The third-order valence-corrected chi connectivity index (χ3v) is 3.05. The minimum atomic E-state index is 0.345. The number of nitrogens with one attached hydrogen (secondary N) is 1. The molecule has 0 atom stereocenters. The van der Waals surface area contributed by atoms with Crippen LogP contribution in [-0.4, -0.2) is 9.97 Å². The van der Waals surface area contributed by atoms with Crippen LogP contribution in [0.25, 0.3) is 11.3 Å². The molecule has 0 amide bonds. The van der Waals surface area contributed by atoms with Crippen LogP contribution in [0.2, 0.25) is 0 Å². The molecule has 0 bridgehead atoms. The van der Waals surface area contributed by atoms with Crippen LogP contribution < -0.4 is 0 Å². The summed E-state index contributed by atoms with van der Waals surface area (Å²) in [4.78, 5) is 7.74. The van der Waals surface area contributed by atoms with E-state index in [-0.39, 0.29) is 0 Å². The van der Waals surface area contributed by atoms with Crippen LogP contribution in [0.5, 0.6) is 0 Å². The second-order valence-corrected chi connectivity index (χ2v) is 5.47. The summed E-state index contributed by atoms with van der Waals surface area (Å²) < 4.78 is 0.645. The molecule has 0 aliphatic rings. The molecular weight excluding hydrogens is 240 g/mol. The first-order valence-corrected chi connectivity index (χ1v) is 6.56. The van der Waals surface area contributed by atoms with Gasteiger partial charge >= 0.3 is 0 Å². The first kappa shape index (κ1) is 13.0. The summed E-state index contributed by atoms with van der Waals surface area (Å²) in [7, 11) is 0. The number of hydrogen-bond donors (Lipinski definition) is 1. The summed E-state index contributed by atoms with van der Waals surface area (Å²) >= 11 is 5.24. The summed E-state index contributed by atoms with van der Waals surface area (Å²) in [6, 6.07) is 8.42. The first-order valence-electron chi connectivity index (χ1n) is 6.15. The minimum absolute atomic E-state index is 0.345. The fourth-order valence-electron chi connectivity index (χ4n) is 2.04. The Bertz CT molecular complexity index is 606. The average Bonchev–Trinajstić information content (AvgIpc) is 2.26. The van der Waals surface area contributed by atoms with Crippen LogP contribution in [0, 0.1) is 18.5 Å². The highest BCUT2D eigenvalue weighted by Gasteiger charge is 2.06. The highest BCUT2D eigenvalue weighted by molar-refractivity contribution is 7.71. The van der Waals surface area contributed by atoms with Gasteiger partial charge < -0.3 is 4.98 Å². The van der Waals surface area contributed by atoms with Crippen molar-refractivity contribution < 1.29 is 0 Å². The van der Waals surface area contributed by atoms with Crippen molar-refractivity contribution in [2.75, 3.05) is 0 Å². The van der Waals surface area contributed by atoms with E-state index in [0.29, 0.717) is 10.6 Å². The van der Waals surface area contributed by atoms with E-state index in [4.69, 9.17) is 12.2 Å². The van der Waals surface area contributed by atoms with Gasteiger partial charge in [0, 0.05) is 11.6 Å². The zero-order valence-corrected chi connectivity index (χ0v) is 12.1. The summed E-state index contributed by atoms with van der Waals surface area (Å²) in [6.07, 6.45) is 0. The topological polar surface area (TPSA) is 28.7 Å². The lowest BCUT2D eigenvalue weighted by Crippen LogP contribution is -1.99. The van der Waals surface area contributed by atoms with Crippen molar-refractivity contribution in [1.82, 2.24) is 9.97 Å². The average molecular weight is 258 g/mol. The molecule has 94 valence electrons. The maximum atomic E-state index is 5.24. The van der Waals surface area contributed by atoms with E-state index in [9.17, 15) is 0 Å². The van der Waals surface area contributed by atoms with Crippen molar-refractivity contribution in [3.8, 4) is 11.3 Å². The summed E-state index contributed by atoms with van der Waals surface area (Å²) in [5.41, 5.74) is 4.73. The lowest BCUT2D eigenvalue weighted by Gasteiger charge is -2.10. The third kappa shape index (κ3) is 2.85. The molecule has 1 aromatic heterocycles. The van der Waals surface area contributed by atoms with Gasteiger partial charge in [0.05, 0.1) is 0 Å². The lowest BCUT2D eigenvalue weighted by atomic mass is 10.0. The Morgan fingerprint density at radius 3 is 2.22 bits per heavy atom. The molecule has 18 heavy (non-hydrogen) atoms. The van der Waals surface area contributed by atoms with Gasteiger partial charge in [0.25, 0.3) is 0 Å². The molecule has 2 nitrogen and oxygen atoms in total. The quantitative estimate of drug-likeness (QED) is 0.801. The van der Waals surface area contributed by atoms with Gasteiger partial charge in [-0.25, -0.2) is 4.98 Å². The number of benzene rings is 1. The number of aromatic nitrogens is 2. The Morgan fingerprint density at radius 1 is 1.06 bits per heavy atom. The molecule has 0 radical (unpaired) electrons. The molecule has 1 N–H and O–H groups in total. The normalized spacial score (nSPS) is 10.9. The Morgan fingerprint density at radius 2 is 1.67 bits per heavy atom. The van der Waals surface area contributed by atoms with Crippen LogP contribution in [-0.2, 0) is 0 Å². The van der Waals surface area contributed by atoms with Crippen LogP contribution in [0.4, 0.5) is 0 Å². The smallest absolute Gasteiger partial charge is 0.130 e. The van der Waals surface area contributed by atoms with Crippen molar-refractivity contribution in [2.45, 2.75) is 33.6 Å². The molecule has 0 aliphatic heterocycles. The van der Waals surface area contributed by atoms with Crippen LogP contribution in [0.15, 0.2) is 24.3 Å². The van der Waals surface area contributed by atoms with Crippen molar-refractivity contribution in [3.05, 3.63) is 45.9 Å². The maximum absolute atomic E-state index is 5.24. The number of aryl methyl sites for hydroxylation is 2. The van der Waals surface area contributed by atoms with Crippen molar-refractivity contribution in [1.29, 1.82) is 0 Å². The van der Waals surface area contributed by atoms with Crippen LogP contribution in [0.3, 0.4) is 0 Å². The molecule has 1 heterocycles. The molecule has 0 saturated carbocycles. The van der Waals surface area contributed by atoms with Gasteiger partial charge in [-0.05, 0) is 37.6 Å². The summed E-state index contributed by atoms with van der Waals surface area (Å²) in [5.74, 6) is 1.29. The highest BCUT2D eigenvalue weighted by Crippen LogP contribution is 2.22. The zero-order chi connectivity index (χ0) is 13.3. The van der Waals surface area contributed by atoms with Crippen molar-refractivity contribution in [3.63, 3.8) is 0 Å². The Hall–Kier alpha value is -1.48. The molecule has 3 heteroatoms. The largest absolute Gasteiger partial charge is 0.343 e. The molecule has 0 fully saturated rings. The molecule has 0 aliphatic carbocycles. The monoisotopic (exact) mass is 258 g/mol. The molecule has 0 spiro atoms. The fraction of sp³-hybridized carbons (Fsp3) is 0.333. The predicted molar refractivity (Wildman–Crippen MR) is 78.4 cm³/mol. The van der Waals surface area contributed by atoms with Crippen molar-refractivity contribution >= 4 is 12.2 Å². The minimum Gasteiger partial charge on any atom is -0.343 e. The van der Waals surface area contributed by atoms with E-state index >= 15 is 0 Å². The number of aromatic amines is 1. The second kappa shape index (κ2) is 5.02. The molecule has 1 aromatic carbocycles. The molecule has 0 saturated heterocycles. The van der Waals surface area contributed by atoms with E-state index in [1.54, 1.807) is 0 Å². The number of rotatable bonds is 2. The van der Waals surface area contributed by atoms with E-state index in [2.05, 4.69) is 55.9 Å². The van der Waals surface area contributed by atoms with E-state index in [1.807, 2.05) is 6.07 Å². The van der Waals surface area contributed by atoms with Gasteiger partial charge in [0.1, 0.15) is 10.5 Å². The Labute approximate surface area is 113 Å². The van der Waals surface area contributed by atoms with Gasteiger partial charge in [0.2, 0.25) is 0 Å².